The number of anilines is 1. The van der Waals surface area contributed by atoms with Gasteiger partial charge in [-0.1, -0.05) is 41.9 Å². The van der Waals surface area contributed by atoms with Crippen LogP contribution in [0.25, 0.3) is 0 Å². The van der Waals surface area contributed by atoms with Crippen LogP contribution < -0.4 is 24.3 Å². The molecule has 0 aliphatic rings. The van der Waals surface area contributed by atoms with E-state index in [0.29, 0.717) is 17.4 Å². The summed E-state index contributed by atoms with van der Waals surface area (Å²) >= 11 is 6.16. The second kappa shape index (κ2) is 12.4. The second-order valence-corrected chi connectivity index (χ2v) is 8.28. The predicted octanol–water partition coefficient (Wildman–Crippen LogP) is 6.51. The van der Waals surface area contributed by atoms with E-state index in [1.165, 1.54) is 25.3 Å². The minimum Gasteiger partial charge on any atom is -0.497 e. The number of hydrogen-bond donors (Lipinski definition) is 1. The fourth-order valence-corrected chi connectivity index (χ4v) is 3.67. The number of aromatic nitrogens is 2. The van der Waals surface area contributed by atoms with Crippen LogP contribution in [0.1, 0.15) is 18.1 Å². The lowest BCUT2D eigenvalue weighted by molar-refractivity contribution is -0.385. The average molecular weight is 548 g/mol. The van der Waals surface area contributed by atoms with E-state index in [0.717, 1.165) is 5.56 Å². The van der Waals surface area contributed by atoms with Crippen molar-refractivity contribution in [2.45, 2.75) is 13.5 Å². The number of nitriles is 1. The number of hydrogen-bond acceptors (Lipinski definition) is 10. The van der Waals surface area contributed by atoms with Crippen molar-refractivity contribution in [1.82, 2.24) is 9.97 Å². The van der Waals surface area contributed by atoms with Gasteiger partial charge in [-0.25, -0.2) is 0 Å². The molecule has 1 aromatic heterocycles. The molecule has 4 aromatic rings. The van der Waals surface area contributed by atoms with E-state index in [4.69, 9.17) is 30.5 Å². The fourth-order valence-electron chi connectivity index (χ4n) is 3.46. The molecule has 11 nitrogen and oxygen atoms in total. The molecule has 0 radical (unpaired) electrons. The van der Waals surface area contributed by atoms with Crippen molar-refractivity contribution in [2.75, 3.05) is 19.0 Å². The highest BCUT2D eigenvalue weighted by Gasteiger charge is 2.29. The zero-order chi connectivity index (χ0) is 27.8. The van der Waals surface area contributed by atoms with Crippen molar-refractivity contribution in [3.63, 3.8) is 0 Å². The van der Waals surface area contributed by atoms with Crippen LogP contribution >= 0.6 is 11.6 Å². The summed E-state index contributed by atoms with van der Waals surface area (Å²) in [4.78, 5) is 20.0. The number of nitro groups is 1. The fraction of sp³-hybridized carbons (Fsp3) is 0.148. The molecule has 0 saturated heterocycles. The van der Waals surface area contributed by atoms with E-state index >= 15 is 0 Å². The second-order valence-electron chi connectivity index (χ2n) is 7.84. The molecule has 0 bridgehead atoms. The van der Waals surface area contributed by atoms with Gasteiger partial charge in [-0.15, -0.1) is 0 Å². The average Bonchev–Trinajstić information content (AvgIpc) is 2.92. The topological polar surface area (TPSA) is 142 Å². The van der Waals surface area contributed by atoms with Crippen LogP contribution in [-0.2, 0) is 6.54 Å². The first kappa shape index (κ1) is 27.0. The Morgan fingerprint density at radius 2 is 1.79 bits per heavy atom. The Morgan fingerprint density at radius 1 is 1.03 bits per heavy atom. The molecular weight excluding hydrogens is 526 g/mol. The van der Waals surface area contributed by atoms with Gasteiger partial charge in [0.05, 0.1) is 30.3 Å². The first-order valence-corrected chi connectivity index (χ1v) is 12.0. The summed E-state index contributed by atoms with van der Waals surface area (Å²) in [7, 11) is 1.47. The van der Waals surface area contributed by atoms with Gasteiger partial charge in [0.1, 0.15) is 11.5 Å². The maximum absolute atomic E-state index is 12.2. The summed E-state index contributed by atoms with van der Waals surface area (Å²) in [6.07, 6.45) is 0. The largest absolute Gasteiger partial charge is 0.497 e. The summed E-state index contributed by atoms with van der Waals surface area (Å²) in [5, 5.41) is 24.9. The molecule has 0 saturated carbocycles. The molecule has 0 atom stereocenters. The molecule has 0 amide bonds. The van der Waals surface area contributed by atoms with Crippen LogP contribution in [0.2, 0.25) is 5.02 Å². The Kier molecular flexibility index (Phi) is 8.60. The lowest BCUT2D eigenvalue weighted by Gasteiger charge is -2.14. The van der Waals surface area contributed by atoms with Crippen molar-refractivity contribution in [3.05, 3.63) is 93.0 Å². The lowest BCUT2D eigenvalue weighted by atomic mass is 10.2. The molecular formula is C27H22ClN5O6. The van der Waals surface area contributed by atoms with Gasteiger partial charge in [-0.2, -0.15) is 15.2 Å². The molecule has 4 rings (SSSR count). The first-order chi connectivity index (χ1) is 18.9. The van der Waals surface area contributed by atoms with Gasteiger partial charge in [0.25, 0.3) is 0 Å². The van der Waals surface area contributed by atoms with Crippen molar-refractivity contribution >= 4 is 23.1 Å². The highest BCUT2D eigenvalue weighted by molar-refractivity contribution is 6.30. The third kappa shape index (κ3) is 6.82. The first-order valence-electron chi connectivity index (χ1n) is 11.6. The Hall–Kier alpha value is -5.08. The molecule has 0 spiro atoms. The van der Waals surface area contributed by atoms with Gasteiger partial charge in [0.15, 0.2) is 11.5 Å². The van der Waals surface area contributed by atoms with Gasteiger partial charge in [-0.3, -0.25) is 10.1 Å². The number of nitrogens with zero attached hydrogens (tertiary/aromatic N) is 4. The van der Waals surface area contributed by atoms with Gasteiger partial charge >= 0.3 is 17.6 Å². The summed E-state index contributed by atoms with van der Waals surface area (Å²) in [5.41, 5.74) is 0.581. The van der Waals surface area contributed by atoms with E-state index < -0.39 is 16.5 Å². The van der Waals surface area contributed by atoms with Crippen LogP contribution in [0.5, 0.6) is 34.9 Å². The molecule has 0 aliphatic heterocycles. The van der Waals surface area contributed by atoms with Crippen LogP contribution in [-0.4, -0.2) is 28.6 Å². The predicted molar refractivity (Wildman–Crippen MR) is 143 cm³/mol. The number of nitrogens with one attached hydrogen (secondary N) is 1. The van der Waals surface area contributed by atoms with Crippen LogP contribution in [0.4, 0.5) is 11.5 Å². The highest BCUT2D eigenvalue weighted by Crippen LogP contribution is 2.41. The number of ether oxygens (including phenoxy) is 4. The minimum absolute atomic E-state index is 0.0575. The summed E-state index contributed by atoms with van der Waals surface area (Å²) in [6.45, 7) is 2.28. The molecule has 1 heterocycles. The van der Waals surface area contributed by atoms with Gasteiger partial charge in [0, 0.05) is 23.7 Å². The molecule has 39 heavy (non-hydrogen) atoms. The summed E-state index contributed by atoms with van der Waals surface area (Å²) in [5.74, 6) is 0.410. The zero-order valence-corrected chi connectivity index (χ0v) is 21.6. The van der Waals surface area contributed by atoms with Crippen molar-refractivity contribution in [2.24, 2.45) is 0 Å². The molecule has 0 unspecified atom stereocenters. The molecule has 12 heteroatoms. The van der Waals surface area contributed by atoms with Gasteiger partial charge in [0.2, 0.25) is 5.82 Å². The van der Waals surface area contributed by atoms with Gasteiger partial charge in [-0.05, 0) is 36.8 Å². The Bertz CT molecular complexity index is 1530. The van der Waals surface area contributed by atoms with Crippen molar-refractivity contribution in [3.8, 4) is 41.0 Å². The molecule has 3 aromatic carbocycles. The van der Waals surface area contributed by atoms with E-state index in [9.17, 15) is 15.4 Å². The summed E-state index contributed by atoms with van der Waals surface area (Å²) in [6, 6.07) is 20.1. The monoisotopic (exact) mass is 547 g/mol. The van der Waals surface area contributed by atoms with Crippen LogP contribution in [0.15, 0.2) is 66.7 Å². The van der Waals surface area contributed by atoms with Crippen molar-refractivity contribution in [1.29, 1.82) is 5.26 Å². The molecule has 0 fully saturated rings. The number of benzene rings is 3. The minimum atomic E-state index is -0.663. The van der Waals surface area contributed by atoms with Crippen LogP contribution in [0, 0.1) is 21.4 Å². The molecule has 198 valence electrons. The normalized spacial score (nSPS) is 10.3. The SMILES string of the molecule is CCOc1ccc(C#N)cc1Oc1nc(Oc2cc(Cl)cc(OC)c2)nc(NCc2ccccc2)c1[N+](=O)[O-]. The maximum atomic E-state index is 12.2. The zero-order valence-electron chi connectivity index (χ0n) is 20.9. The maximum Gasteiger partial charge on any atom is 0.373 e. The summed E-state index contributed by atoms with van der Waals surface area (Å²) < 4.78 is 22.5. The van der Waals surface area contributed by atoms with E-state index in [1.807, 2.05) is 36.4 Å². The standard InChI is InChI=1S/C27H22ClN5O6/c1-3-37-22-10-9-18(15-29)11-23(22)39-26-24(33(34)35)25(30-16-17-7-5-4-6-8-17)31-27(32-26)38-21-13-19(28)12-20(14-21)36-2/h4-14H,3,16H2,1-2H3,(H,30,31,32). The number of methoxy groups -OCH3 is 1. The third-order valence-electron chi connectivity index (χ3n) is 5.19. The Morgan fingerprint density at radius 3 is 2.49 bits per heavy atom. The van der Waals surface area contributed by atoms with Crippen LogP contribution in [0.3, 0.4) is 0 Å². The Labute approximate surface area is 228 Å². The highest BCUT2D eigenvalue weighted by atomic mass is 35.5. The number of halogens is 1. The smallest absolute Gasteiger partial charge is 0.373 e. The molecule has 0 aliphatic carbocycles. The number of rotatable bonds is 11. The quantitative estimate of drug-likeness (QED) is 0.163. The van der Waals surface area contributed by atoms with E-state index in [1.54, 1.807) is 25.1 Å². The Balaban J connectivity index is 1.81. The molecule has 1 N–H and O–H groups in total. The van der Waals surface area contributed by atoms with E-state index in [2.05, 4.69) is 15.3 Å². The van der Waals surface area contributed by atoms with Gasteiger partial charge < -0.3 is 24.3 Å². The van der Waals surface area contributed by atoms with E-state index in [-0.39, 0.29) is 41.2 Å². The third-order valence-corrected chi connectivity index (χ3v) is 5.40. The van der Waals surface area contributed by atoms with Crippen molar-refractivity contribution < 1.29 is 23.9 Å². The lowest BCUT2D eigenvalue weighted by Crippen LogP contribution is -2.09.